The standard InChI is InChI=1S/C19H25NS/c1-13(2)17-6-8-18(9-7-17)21-19-10-5-16(11-14(19)3)12-15(4)20/h5-11,13,15H,12,20H2,1-4H3. The van der Waals surface area contributed by atoms with Crippen molar-refractivity contribution in [3.63, 3.8) is 0 Å². The van der Waals surface area contributed by atoms with Crippen LogP contribution in [-0.4, -0.2) is 6.04 Å². The lowest BCUT2D eigenvalue weighted by Gasteiger charge is -2.11. The highest BCUT2D eigenvalue weighted by molar-refractivity contribution is 7.99. The molecule has 0 fully saturated rings. The van der Waals surface area contributed by atoms with E-state index in [1.807, 2.05) is 18.7 Å². The molecule has 0 amide bonds. The number of nitrogens with two attached hydrogens (primary N) is 1. The molecule has 1 atom stereocenters. The fraction of sp³-hybridized carbons (Fsp3) is 0.368. The molecule has 1 unspecified atom stereocenters. The summed E-state index contributed by atoms with van der Waals surface area (Å²) in [4.78, 5) is 2.61. The maximum Gasteiger partial charge on any atom is 0.0151 e. The van der Waals surface area contributed by atoms with Gasteiger partial charge in [-0.05, 0) is 61.1 Å². The summed E-state index contributed by atoms with van der Waals surface area (Å²) in [5.41, 5.74) is 9.91. The summed E-state index contributed by atoms with van der Waals surface area (Å²) in [7, 11) is 0. The normalized spacial score (nSPS) is 12.7. The van der Waals surface area contributed by atoms with Crippen LogP contribution in [0, 0.1) is 6.92 Å². The van der Waals surface area contributed by atoms with Crippen LogP contribution in [0.15, 0.2) is 52.3 Å². The van der Waals surface area contributed by atoms with Crippen molar-refractivity contribution in [2.24, 2.45) is 5.73 Å². The second-order valence-corrected chi connectivity index (χ2v) is 7.22. The van der Waals surface area contributed by atoms with Gasteiger partial charge in [0.1, 0.15) is 0 Å². The highest BCUT2D eigenvalue weighted by atomic mass is 32.2. The maximum atomic E-state index is 5.87. The summed E-state index contributed by atoms with van der Waals surface area (Å²) in [5, 5.41) is 0. The lowest BCUT2D eigenvalue weighted by Crippen LogP contribution is -2.17. The van der Waals surface area contributed by atoms with E-state index in [-0.39, 0.29) is 6.04 Å². The molecule has 0 heterocycles. The van der Waals surface area contributed by atoms with Gasteiger partial charge in [0.15, 0.2) is 0 Å². The Bertz CT molecular complexity index is 585. The van der Waals surface area contributed by atoms with Gasteiger partial charge in [-0.15, -0.1) is 0 Å². The summed E-state index contributed by atoms with van der Waals surface area (Å²) < 4.78 is 0. The van der Waals surface area contributed by atoms with E-state index in [1.165, 1.54) is 26.5 Å². The van der Waals surface area contributed by atoms with Crippen LogP contribution in [0.4, 0.5) is 0 Å². The van der Waals surface area contributed by atoms with Crippen molar-refractivity contribution in [2.45, 2.75) is 55.9 Å². The fourth-order valence-corrected chi connectivity index (χ4v) is 3.25. The van der Waals surface area contributed by atoms with Gasteiger partial charge in [-0.2, -0.15) is 0 Å². The van der Waals surface area contributed by atoms with Crippen LogP contribution in [0.5, 0.6) is 0 Å². The maximum absolute atomic E-state index is 5.87. The molecule has 0 spiro atoms. The Morgan fingerprint density at radius 2 is 1.67 bits per heavy atom. The molecule has 2 aromatic carbocycles. The average molecular weight is 299 g/mol. The molecular formula is C19H25NS. The molecule has 2 N–H and O–H groups in total. The van der Waals surface area contributed by atoms with E-state index < -0.39 is 0 Å². The molecule has 0 saturated heterocycles. The first kappa shape index (κ1) is 16.1. The minimum atomic E-state index is 0.214. The molecule has 0 saturated carbocycles. The van der Waals surface area contributed by atoms with Crippen LogP contribution in [0.3, 0.4) is 0 Å². The van der Waals surface area contributed by atoms with E-state index in [0.717, 1.165) is 6.42 Å². The lowest BCUT2D eigenvalue weighted by molar-refractivity contribution is 0.737. The first-order valence-electron chi connectivity index (χ1n) is 7.58. The van der Waals surface area contributed by atoms with Crippen molar-refractivity contribution in [3.8, 4) is 0 Å². The molecule has 2 heteroatoms. The molecule has 0 aromatic heterocycles. The van der Waals surface area contributed by atoms with E-state index in [0.29, 0.717) is 5.92 Å². The van der Waals surface area contributed by atoms with Crippen LogP contribution < -0.4 is 5.73 Å². The number of rotatable bonds is 5. The van der Waals surface area contributed by atoms with Crippen molar-refractivity contribution in [3.05, 3.63) is 59.2 Å². The molecule has 21 heavy (non-hydrogen) atoms. The second kappa shape index (κ2) is 7.15. The summed E-state index contributed by atoms with van der Waals surface area (Å²) in [6.07, 6.45) is 0.939. The molecule has 0 radical (unpaired) electrons. The Hall–Kier alpha value is -1.25. The average Bonchev–Trinajstić information content (AvgIpc) is 2.42. The first-order valence-corrected chi connectivity index (χ1v) is 8.40. The minimum Gasteiger partial charge on any atom is -0.328 e. The third-order valence-corrected chi connectivity index (χ3v) is 4.76. The Kier molecular flexibility index (Phi) is 5.49. The predicted octanol–water partition coefficient (Wildman–Crippen LogP) is 5.16. The van der Waals surface area contributed by atoms with Gasteiger partial charge in [-0.25, -0.2) is 0 Å². The third-order valence-electron chi connectivity index (χ3n) is 3.57. The second-order valence-electron chi connectivity index (χ2n) is 6.11. The Morgan fingerprint density at radius 3 is 2.19 bits per heavy atom. The van der Waals surface area contributed by atoms with Crippen LogP contribution in [0.25, 0.3) is 0 Å². The van der Waals surface area contributed by atoms with Gasteiger partial charge in [-0.1, -0.05) is 49.9 Å². The van der Waals surface area contributed by atoms with Gasteiger partial charge < -0.3 is 5.73 Å². The summed E-state index contributed by atoms with van der Waals surface area (Å²) in [6, 6.07) is 15.8. The summed E-state index contributed by atoms with van der Waals surface area (Å²) >= 11 is 1.83. The highest BCUT2D eigenvalue weighted by Gasteiger charge is 2.05. The van der Waals surface area contributed by atoms with Gasteiger partial charge in [0.25, 0.3) is 0 Å². The molecule has 2 aromatic rings. The molecule has 0 aliphatic carbocycles. The summed E-state index contributed by atoms with van der Waals surface area (Å²) in [5.74, 6) is 0.586. The van der Waals surface area contributed by atoms with Gasteiger partial charge in [-0.3, -0.25) is 0 Å². The molecule has 0 bridgehead atoms. The zero-order chi connectivity index (χ0) is 15.4. The summed E-state index contributed by atoms with van der Waals surface area (Å²) in [6.45, 7) is 8.68. The lowest BCUT2D eigenvalue weighted by atomic mass is 10.0. The monoisotopic (exact) mass is 299 g/mol. The Balaban J connectivity index is 2.12. The third kappa shape index (κ3) is 4.62. The van der Waals surface area contributed by atoms with Crippen LogP contribution >= 0.6 is 11.8 Å². The van der Waals surface area contributed by atoms with E-state index in [2.05, 4.69) is 63.2 Å². The van der Waals surface area contributed by atoms with Gasteiger partial charge in [0.05, 0.1) is 0 Å². The van der Waals surface area contributed by atoms with E-state index in [9.17, 15) is 0 Å². The van der Waals surface area contributed by atoms with Crippen molar-refractivity contribution in [1.29, 1.82) is 0 Å². The number of aryl methyl sites for hydroxylation is 1. The van der Waals surface area contributed by atoms with Gasteiger partial charge in [0.2, 0.25) is 0 Å². The molecule has 112 valence electrons. The van der Waals surface area contributed by atoms with Crippen molar-refractivity contribution < 1.29 is 0 Å². The van der Waals surface area contributed by atoms with Gasteiger partial charge in [0, 0.05) is 15.8 Å². The minimum absolute atomic E-state index is 0.214. The van der Waals surface area contributed by atoms with E-state index in [4.69, 9.17) is 5.73 Å². The van der Waals surface area contributed by atoms with Crippen LogP contribution in [-0.2, 0) is 6.42 Å². The zero-order valence-electron chi connectivity index (χ0n) is 13.4. The van der Waals surface area contributed by atoms with Gasteiger partial charge >= 0.3 is 0 Å². The topological polar surface area (TPSA) is 26.0 Å². The number of benzene rings is 2. The molecule has 0 aliphatic heterocycles. The molecular weight excluding hydrogens is 274 g/mol. The van der Waals surface area contributed by atoms with Crippen molar-refractivity contribution in [1.82, 2.24) is 0 Å². The SMILES string of the molecule is Cc1cc(CC(C)N)ccc1Sc1ccc(C(C)C)cc1. The molecule has 0 aliphatic rings. The highest BCUT2D eigenvalue weighted by Crippen LogP contribution is 2.31. The molecule has 1 nitrogen and oxygen atoms in total. The number of hydrogen-bond donors (Lipinski definition) is 1. The Labute approximate surface area is 133 Å². The van der Waals surface area contributed by atoms with E-state index >= 15 is 0 Å². The fourth-order valence-electron chi connectivity index (χ4n) is 2.37. The smallest absolute Gasteiger partial charge is 0.0151 e. The predicted molar refractivity (Wildman–Crippen MR) is 93.2 cm³/mol. The van der Waals surface area contributed by atoms with Crippen molar-refractivity contribution in [2.75, 3.05) is 0 Å². The largest absolute Gasteiger partial charge is 0.328 e. The zero-order valence-corrected chi connectivity index (χ0v) is 14.2. The van der Waals surface area contributed by atoms with Crippen molar-refractivity contribution >= 4 is 11.8 Å². The van der Waals surface area contributed by atoms with E-state index in [1.54, 1.807) is 0 Å². The number of hydrogen-bond acceptors (Lipinski definition) is 2. The Morgan fingerprint density at radius 1 is 1.00 bits per heavy atom. The van der Waals surface area contributed by atoms with Crippen LogP contribution in [0.1, 0.15) is 43.4 Å². The molecule has 2 rings (SSSR count). The first-order chi connectivity index (χ1) is 9.95. The van der Waals surface area contributed by atoms with Crippen LogP contribution in [0.2, 0.25) is 0 Å². The quantitative estimate of drug-likeness (QED) is 0.825.